The Morgan fingerprint density at radius 3 is 2.30 bits per heavy atom. The Labute approximate surface area is 124 Å². The van der Waals surface area contributed by atoms with Gasteiger partial charge in [0, 0.05) is 6.04 Å². The van der Waals surface area contributed by atoms with Gasteiger partial charge < -0.3 is 10.6 Å². The summed E-state index contributed by atoms with van der Waals surface area (Å²) in [5, 5.41) is 6.81. The van der Waals surface area contributed by atoms with E-state index in [1.54, 1.807) is 0 Å². The van der Waals surface area contributed by atoms with Crippen molar-refractivity contribution in [3.05, 3.63) is 0 Å². The molecule has 1 amide bonds. The van der Waals surface area contributed by atoms with Crippen LogP contribution in [-0.4, -0.2) is 25.0 Å². The van der Waals surface area contributed by atoms with Gasteiger partial charge in [0.1, 0.15) is 0 Å². The van der Waals surface area contributed by atoms with E-state index >= 15 is 0 Å². The molecule has 3 heteroatoms. The van der Waals surface area contributed by atoms with E-state index in [0.29, 0.717) is 11.9 Å². The fraction of sp³-hybridized carbons (Fsp3) is 0.941. The molecule has 0 atom stereocenters. The van der Waals surface area contributed by atoms with Crippen LogP contribution in [0.3, 0.4) is 0 Å². The summed E-state index contributed by atoms with van der Waals surface area (Å²) in [4.78, 5) is 12.8. The molecular weight excluding hydrogens is 248 g/mol. The van der Waals surface area contributed by atoms with Crippen molar-refractivity contribution in [1.82, 2.24) is 10.6 Å². The number of amides is 1. The second-order valence-electron chi connectivity index (χ2n) is 6.80. The first-order valence-electron chi connectivity index (χ1n) is 8.78. The molecule has 1 saturated heterocycles. The molecule has 2 rings (SSSR count). The minimum atomic E-state index is -0.0810. The van der Waals surface area contributed by atoms with Crippen molar-refractivity contribution in [2.75, 3.05) is 13.1 Å². The zero-order valence-corrected chi connectivity index (χ0v) is 13.2. The second-order valence-corrected chi connectivity index (χ2v) is 6.80. The van der Waals surface area contributed by atoms with Crippen LogP contribution >= 0.6 is 0 Å². The lowest BCUT2D eigenvalue weighted by Crippen LogP contribution is -2.50. The van der Waals surface area contributed by atoms with Gasteiger partial charge in [-0.2, -0.15) is 0 Å². The summed E-state index contributed by atoms with van der Waals surface area (Å²) >= 11 is 0. The number of nitrogens with one attached hydrogen (secondary N) is 2. The average Bonchev–Trinajstić information content (AvgIpc) is 2.43. The van der Waals surface area contributed by atoms with Crippen LogP contribution in [0.5, 0.6) is 0 Å². The maximum Gasteiger partial charge on any atom is 0.226 e. The van der Waals surface area contributed by atoms with Crippen LogP contribution in [0.15, 0.2) is 0 Å². The molecule has 2 aliphatic rings. The molecule has 0 aromatic carbocycles. The van der Waals surface area contributed by atoms with E-state index in [-0.39, 0.29) is 5.41 Å². The van der Waals surface area contributed by atoms with Crippen molar-refractivity contribution in [2.24, 2.45) is 5.41 Å². The third kappa shape index (κ3) is 4.21. The van der Waals surface area contributed by atoms with E-state index < -0.39 is 0 Å². The number of carbonyl (C=O) groups is 1. The van der Waals surface area contributed by atoms with Crippen LogP contribution in [-0.2, 0) is 4.79 Å². The first kappa shape index (κ1) is 15.8. The normalized spacial score (nSPS) is 24.6. The number of rotatable bonds is 4. The van der Waals surface area contributed by atoms with Gasteiger partial charge in [0.15, 0.2) is 0 Å². The Hall–Kier alpha value is -0.570. The Morgan fingerprint density at radius 1 is 1.10 bits per heavy atom. The van der Waals surface area contributed by atoms with Gasteiger partial charge in [-0.3, -0.25) is 4.79 Å². The van der Waals surface area contributed by atoms with Gasteiger partial charge in [-0.15, -0.1) is 0 Å². The van der Waals surface area contributed by atoms with Crippen molar-refractivity contribution in [3.63, 3.8) is 0 Å². The molecule has 20 heavy (non-hydrogen) atoms. The largest absolute Gasteiger partial charge is 0.353 e. The summed E-state index contributed by atoms with van der Waals surface area (Å²) in [5.74, 6) is 0.353. The summed E-state index contributed by atoms with van der Waals surface area (Å²) in [5.41, 5.74) is -0.0810. The molecule has 0 spiro atoms. The van der Waals surface area contributed by atoms with E-state index in [2.05, 4.69) is 17.6 Å². The van der Waals surface area contributed by atoms with Gasteiger partial charge in [-0.1, -0.05) is 45.4 Å². The summed E-state index contributed by atoms with van der Waals surface area (Å²) in [7, 11) is 0. The molecule has 0 aromatic rings. The van der Waals surface area contributed by atoms with Crippen molar-refractivity contribution >= 4 is 5.91 Å². The molecule has 1 saturated carbocycles. The van der Waals surface area contributed by atoms with E-state index in [9.17, 15) is 4.79 Å². The number of carbonyl (C=O) groups excluding carboxylic acids is 1. The second kappa shape index (κ2) is 8.02. The molecular formula is C17H32N2O. The van der Waals surface area contributed by atoms with Crippen LogP contribution in [0.25, 0.3) is 0 Å². The molecule has 1 aliphatic heterocycles. The molecule has 2 N–H and O–H groups in total. The summed E-state index contributed by atoms with van der Waals surface area (Å²) < 4.78 is 0. The quantitative estimate of drug-likeness (QED) is 0.829. The summed E-state index contributed by atoms with van der Waals surface area (Å²) in [6.07, 6.45) is 13.2. The van der Waals surface area contributed by atoms with Gasteiger partial charge in [0.25, 0.3) is 0 Å². The lowest BCUT2D eigenvalue weighted by molar-refractivity contribution is -0.134. The SMILES string of the molecule is CCCC1(C(=O)NC2CCCCCCC2)CCNCC1. The highest BCUT2D eigenvalue weighted by atomic mass is 16.2. The van der Waals surface area contributed by atoms with Crippen molar-refractivity contribution in [1.29, 1.82) is 0 Å². The molecule has 0 aromatic heterocycles. The Morgan fingerprint density at radius 2 is 1.70 bits per heavy atom. The van der Waals surface area contributed by atoms with Crippen LogP contribution in [0.1, 0.15) is 77.6 Å². The Bertz CT molecular complexity index is 284. The lowest BCUT2D eigenvalue weighted by Gasteiger charge is -2.37. The smallest absolute Gasteiger partial charge is 0.226 e. The predicted molar refractivity (Wildman–Crippen MR) is 83.7 cm³/mol. The summed E-state index contributed by atoms with van der Waals surface area (Å²) in [6.45, 7) is 4.20. The monoisotopic (exact) mass is 280 g/mol. The zero-order chi connectivity index (χ0) is 14.3. The van der Waals surface area contributed by atoms with Gasteiger partial charge in [-0.05, 0) is 45.2 Å². The van der Waals surface area contributed by atoms with E-state index in [0.717, 1.165) is 38.8 Å². The van der Waals surface area contributed by atoms with Gasteiger partial charge in [0.05, 0.1) is 5.41 Å². The average molecular weight is 280 g/mol. The van der Waals surface area contributed by atoms with Gasteiger partial charge in [-0.25, -0.2) is 0 Å². The standard InChI is InChI=1S/C17H32N2O/c1-2-10-17(11-13-18-14-12-17)16(20)19-15-8-6-4-3-5-7-9-15/h15,18H,2-14H2,1H3,(H,19,20). The fourth-order valence-corrected chi connectivity index (χ4v) is 3.91. The van der Waals surface area contributed by atoms with E-state index in [1.165, 1.54) is 44.9 Å². The number of hydrogen-bond donors (Lipinski definition) is 2. The van der Waals surface area contributed by atoms with Crippen LogP contribution < -0.4 is 10.6 Å². The molecule has 0 bridgehead atoms. The third-order valence-electron chi connectivity index (χ3n) is 5.21. The first-order chi connectivity index (χ1) is 9.77. The first-order valence-corrected chi connectivity index (χ1v) is 8.78. The van der Waals surface area contributed by atoms with Crippen molar-refractivity contribution in [3.8, 4) is 0 Å². The van der Waals surface area contributed by atoms with E-state index in [4.69, 9.17) is 0 Å². The van der Waals surface area contributed by atoms with Gasteiger partial charge >= 0.3 is 0 Å². The van der Waals surface area contributed by atoms with Crippen LogP contribution in [0.4, 0.5) is 0 Å². The molecule has 0 radical (unpaired) electrons. The lowest BCUT2D eigenvalue weighted by atomic mass is 9.74. The number of piperidine rings is 1. The van der Waals surface area contributed by atoms with Crippen molar-refractivity contribution in [2.45, 2.75) is 83.6 Å². The fourth-order valence-electron chi connectivity index (χ4n) is 3.91. The Balaban J connectivity index is 1.92. The third-order valence-corrected chi connectivity index (χ3v) is 5.21. The van der Waals surface area contributed by atoms with E-state index in [1.807, 2.05) is 0 Å². The highest BCUT2D eigenvalue weighted by molar-refractivity contribution is 5.83. The molecule has 3 nitrogen and oxygen atoms in total. The summed E-state index contributed by atoms with van der Waals surface area (Å²) in [6, 6.07) is 0.436. The van der Waals surface area contributed by atoms with Crippen LogP contribution in [0, 0.1) is 5.41 Å². The predicted octanol–water partition coefficient (Wildman–Crippen LogP) is 3.39. The topological polar surface area (TPSA) is 41.1 Å². The van der Waals surface area contributed by atoms with Gasteiger partial charge in [0.2, 0.25) is 5.91 Å². The molecule has 2 fully saturated rings. The highest BCUT2D eigenvalue weighted by Crippen LogP contribution is 2.34. The maximum absolute atomic E-state index is 12.8. The van der Waals surface area contributed by atoms with Crippen molar-refractivity contribution < 1.29 is 4.79 Å². The van der Waals surface area contributed by atoms with Crippen LogP contribution in [0.2, 0.25) is 0 Å². The molecule has 0 unspecified atom stereocenters. The zero-order valence-electron chi connectivity index (χ0n) is 13.2. The molecule has 1 aliphatic carbocycles. The Kier molecular flexibility index (Phi) is 6.34. The molecule has 1 heterocycles. The highest BCUT2D eigenvalue weighted by Gasteiger charge is 2.39. The minimum absolute atomic E-state index is 0.0810. The molecule has 116 valence electrons. The minimum Gasteiger partial charge on any atom is -0.353 e. The number of hydrogen-bond acceptors (Lipinski definition) is 2. The maximum atomic E-state index is 12.8.